The van der Waals surface area contributed by atoms with Crippen molar-refractivity contribution in [3.05, 3.63) is 89.2 Å². The van der Waals surface area contributed by atoms with E-state index in [4.69, 9.17) is 16.3 Å². The summed E-state index contributed by atoms with van der Waals surface area (Å²) in [6.07, 6.45) is 3.09. The second kappa shape index (κ2) is 12.6. The lowest BCUT2D eigenvalue weighted by molar-refractivity contribution is -0.153. The number of carbonyl (C=O) groups excluding carboxylic acids is 2. The minimum atomic E-state index is -1.97. The van der Waals surface area contributed by atoms with Crippen LogP contribution in [-0.4, -0.2) is 62.1 Å². The molecule has 0 saturated heterocycles. The molecular formula is C29H29ClN4O5. The number of amides is 2. The summed E-state index contributed by atoms with van der Waals surface area (Å²) in [5, 5.41) is 28.6. The molecule has 1 unspecified atom stereocenters. The number of benzene rings is 2. The second-order valence-electron chi connectivity index (χ2n) is 8.93. The van der Waals surface area contributed by atoms with Gasteiger partial charge in [0, 0.05) is 24.0 Å². The van der Waals surface area contributed by atoms with Crippen molar-refractivity contribution in [1.82, 2.24) is 20.0 Å². The van der Waals surface area contributed by atoms with Crippen molar-refractivity contribution in [2.45, 2.75) is 38.1 Å². The van der Waals surface area contributed by atoms with Crippen molar-refractivity contribution < 1.29 is 24.5 Å². The first-order valence-corrected chi connectivity index (χ1v) is 12.7. The molecule has 202 valence electrons. The maximum Gasteiger partial charge on any atom is 0.255 e. The van der Waals surface area contributed by atoms with Crippen LogP contribution in [-0.2, 0) is 9.59 Å². The van der Waals surface area contributed by atoms with Crippen molar-refractivity contribution in [3.8, 4) is 23.3 Å². The smallest absolute Gasteiger partial charge is 0.255 e. The highest BCUT2D eigenvalue weighted by Crippen LogP contribution is 2.30. The number of halogens is 1. The first kappa shape index (κ1) is 27.9. The summed E-state index contributed by atoms with van der Waals surface area (Å²) in [6, 6.07) is 13.1. The molecular weight excluding hydrogens is 520 g/mol. The number of nitrogens with one attached hydrogen (secondary N) is 1. The van der Waals surface area contributed by atoms with Crippen molar-refractivity contribution in [2.75, 3.05) is 13.2 Å². The molecule has 4 atom stereocenters. The van der Waals surface area contributed by atoms with E-state index in [1.54, 1.807) is 79.5 Å². The van der Waals surface area contributed by atoms with Crippen molar-refractivity contribution in [3.63, 3.8) is 0 Å². The molecule has 3 N–H and O–H groups in total. The van der Waals surface area contributed by atoms with E-state index in [0.29, 0.717) is 22.0 Å². The van der Waals surface area contributed by atoms with E-state index in [9.17, 15) is 19.8 Å². The van der Waals surface area contributed by atoms with Gasteiger partial charge in [0.05, 0.1) is 12.1 Å². The molecule has 2 heterocycles. The molecule has 0 saturated carbocycles. The van der Waals surface area contributed by atoms with Crippen molar-refractivity contribution >= 4 is 23.4 Å². The zero-order valence-electron chi connectivity index (χ0n) is 21.5. The van der Waals surface area contributed by atoms with Crippen LogP contribution in [0.1, 0.15) is 37.1 Å². The number of aromatic nitrogens is 2. The minimum absolute atomic E-state index is 0.170. The summed E-state index contributed by atoms with van der Waals surface area (Å²) in [5.74, 6) is 4.48. The molecule has 0 radical (unpaired) electrons. The molecule has 0 bridgehead atoms. The predicted molar refractivity (Wildman–Crippen MR) is 146 cm³/mol. The standard InChI is InChI=1S/C29H29ClN4O5/c1-3-4-16-39-25-18-20(11-12-24(25)34-15-7-13-31-34)19(2)32-28(37)26(35)27(36)29(38)33-14-6-10-23(33)21-8-5-9-22(30)17-21/h5-13,15,17-19,23,26-27,35-36H,14,16H2,1-2H3,(H,32,37)/t19-,23?,26-,27-/m1/s1. The Morgan fingerprint density at radius 1 is 1.21 bits per heavy atom. The lowest BCUT2D eigenvalue weighted by atomic mass is 10.0. The van der Waals surface area contributed by atoms with Crippen molar-refractivity contribution in [2.24, 2.45) is 0 Å². The molecule has 9 nitrogen and oxygen atoms in total. The van der Waals surface area contributed by atoms with E-state index in [2.05, 4.69) is 22.3 Å². The maximum atomic E-state index is 13.1. The summed E-state index contributed by atoms with van der Waals surface area (Å²) in [6.45, 7) is 3.83. The third kappa shape index (κ3) is 6.49. The molecule has 0 spiro atoms. The average molecular weight is 549 g/mol. The van der Waals surface area contributed by atoms with Gasteiger partial charge in [0.2, 0.25) is 0 Å². The van der Waals surface area contributed by atoms with E-state index in [-0.39, 0.29) is 13.2 Å². The zero-order chi connectivity index (χ0) is 27.9. The summed E-state index contributed by atoms with van der Waals surface area (Å²) in [7, 11) is 0. The van der Waals surface area contributed by atoms with Crippen LogP contribution in [0.2, 0.25) is 5.02 Å². The molecule has 39 heavy (non-hydrogen) atoms. The van der Waals surface area contributed by atoms with Gasteiger partial charge in [-0.05, 0) is 55.3 Å². The molecule has 0 fully saturated rings. The van der Waals surface area contributed by atoms with Gasteiger partial charge in [-0.3, -0.25) is 9.59 Å². The Morgan fingerprint density at radius 3 is 2.74 bits per heavy atom. The molecule has 4 rings (SSSR count). The third-order valence-corrected chi connectivity index (χ3v) is 6.56. The first-order valence-electron chi connectivity index (χ1n) is 12.4. The van der Waals surface area contributed by atoms with Gasteiger partial charge in [0.25, 0.3) is 11.8 Å². The normalized spacial score (nSPS) is 16.6. The molecule has 2 amide bonds. The summed E-state index contributed by atoms with van der Waals surface area (Å²) >= 11 is 6.09. The lowest BCUT2D eigenvalue weighted by Gasteiger charge is -2.29. The highest BCUT2D eigenvalue weighted by Gasteiger charge is 2.37. The topological polar surface area (TPSA) is 117 Å². The Kier molecular flexibility index (Phi) is 9.04. The number of hydrogen-bond donors (Lipinski definition) is 3. The van der Waals surface area contributed by atoms with E-state index in [0.717, 1.165) is 5.56 Å². The number of nitrogens with zero attached hydrogens (tertiary/aromatic N) is 3. The highest BCUT2D eigenvalue weighted by atomic mass is 35.5. The Labute approximate surface area is 231 Å². The highest BCUT2D eigenvalue weighted by molar-refractivity contribution is 6.30. The van der Waals surface area contributed by atoms with Crippen LogP contribution in [0.15, 0.2) is 73.1 Å². The molecule has 2 aromatic carbocycles. The number of carbonyl (C=O) groups is 2. The Morgan fingerprint density at radius 2 is 2.03 bits per heavy atom. The fourth-order valence-corrected chi connectivity index (χ4v) is 4.46. The van der Waals surface area contributed by atoms with Crippen LogP contribution in [0, 0.1) is 11.8 Å². The van der Waals surface area contributed by atoms with Gasteiger partial charge in [-0.15, -0.1) is 5.92 Å². The summed E-state index contributed by atoms with van der Waals surface area (Å²) in [4.78, 5) is 27.3. The first-order chi connectivity index (χ1) is 18.8. The van der Waals surface area contributed by atoms with Gasteiger partial charge >= 0.3 is 0 Å². The van der Waals surface area contributed by atoms with E-state index in [1.807, 2.05) is 12.1 Å². The lowest BCUT2D eigenvalue weighted by Crippen LogP contribution is -2.51. The molecule has 1 aromatic heterocycles. The van der Waals surface area contributed by atoms with Gasteiger partial charge in [-0.25, -0.2) is 4.68 Å². The second-order valence-corrected chi connectivity index (χ2v) is 9.37. The fourth-order valence-electron chi connectivity index (χ4n) is 4.26. The van der Waals surface area contributed by atoms with Gasteiger partial charge in [-0.2, -0.15) is 5.10 Å². The molecule has 0 aliphatic carbocycles. The number of aliphatic hydroxyl groups excluding tert-OH is 2. The third-order valence-electron chi connectivity index (χ3n) is 6.32. The number of ether oxygens (including phenoxy) is 1. The van der Waals surface area contributed by atoms with Gasteiger partial charge in [-0.1, -0.05) is 47.9 Å². The predicted octanol–water partition coefficient (Wildman–Crippen LogP) is 2.97. The Hall–Kier alpha value is -4.10. The molecule has 3 aromatic rings. The van der Waals surface area contributed by atoms with Crippen LogP contribution >= 0.6 is 11.6 Å². The molecule has 10 heteroatoms. The number of hydrogen-bond acceptors (Lipinski definition) is 6. The molecule has 1 aliphatic heterocycles. The van der Waals surface area contributed by atoms with E-state index < -0.39 is 36.1 Å². The van der Waals surface area contributed by atoms with E-state index in [1.165, 1.54) is 4.90 Å². The monoisotopic (exact) mass is 548 g/mol. The summed E-state index contributed by atoms with van der Waals surface area (Å²) in [5.41, 5.74) is 2.12. The van der Waals surface area contributed by atoms with Gasteiger partial charge < -0.3 is 25.2 Å². The zero-order valence-corrected chi connectivity index (χ0v) is 22.2. The van der Waals surface area contributed by atoms with Gasteiger partial charge in [0.1, 0.15) is 18.0 Å². The van der Waals surface area contributed by atoms with Crippen LogP contribution in [0.3, 0.4) is 0 Å². The average Bonchev–Trinajstić information content (AvgIpc) is 3.65. The van der Waals surface area contributed by atoms with Gasteiger partial charge in [0.15, 0.2) is 12.2 Å². The summed E-state index contributed by atoms with van der Waals surface area (Å²) < 4.78 is 7.47. The maximum absolute atomic E-state index is 13.1. The molecule has 1 aliphatic rings. The Balaban J connectivity index is 1.44. The Bertz CT molecular complexity index is 1410. The van der Waals surface area contributed by atoms with E-state index >= 15 is 0 Å². The quantitative estimate of drug-likeness (QED) is 0.280. The minimum Gasteiger partial charge on any atom is -0.479 e. The number of aliphatic hydroxyl groups is 2. The SMILES string of the molecule is CC#CCOc1cc([C@@H](C)NC(=O)[C@H](O)[C@@H](O)C(=O)N2CC=CC2c2cccc(Cl)c2)ccc1-n1cccn1. The number of rotatable bonds is 9. The largest absolute Gasteiger partial charge is 0.479 e. The van der Waals surface area contributed by atoms with Crippen molar-refractivity contribution in [1.29, 1.82) is 0 Å². The fraction of sp³-hybridized carbons (Fsp3) is 0.276. The van der Waals surface area contributed by atoms with Crippen LogP contribution < -0.4 is 10.1 Å². The van der Waals surface area contributed by atoms with Crippen LogP contribution in [0.25, 0.3) is 5.69 Å². The van der Waals surface area contributed by atoms with Crippen LogP contribution in [0.5, 0.6) is 5.75 Å². The van der Waals surface area contributed by atoms with Crippen LogP contribution in [0.4, 0.5) is 0 Å².